The van der Waals surface area contributed by atoms with Crippen LogP contribution in [0.1, 0.15) is 17.5 Å². The molecule has 3 rings (SSSR count). The SMILES string of the molecule is Cn1nnnc1SCCCNCc1cccc(OCc2cccc(Cl)c2)c1. The molecule has 0 fully saturated rings. The fourth-order valence-corrected chi connectivity index (χ4v) is 3.48. The van der Waals surface area contributed by atoms with Gasteiger partial charge >= 0.3 is 0 Å². The van der Waals surface area contributed by atoms with Gasteiger partial charge in [-0.15, -0.1) is 5.10 Å². The van der Waals surface area contributed by atoms with Gasteiger partial charge < -0.3 is 10.1 Å². The number of aromatic nitrogens is 4. The molecule has 0 radical (unpaired) electrons. The standard InChI is InChI=1S/C19H22ClN5OS/c1-25-19(22-23-24-25)27-10-4-9-21-13-15-5-3-8-18(12-15)26-14-16-6-2-7-17(20)11-16/h2-3,5-8,11-12,21H,4,9-10,13-14H2,1H3. The summed E-state index contributed by atoms with van der Waals surface area (Å²) in [6.07, 6.45) is 1.04. The molecule has 6 nitrogen and oxygen atoms in total. The molecule has 1 heterocycles. The van der Waals surface area contributed by atoms with Crippen molar-refractivity contribution in [2.24, 2.45) is 7.05 Å². The van der Waals surface area contributed by atoms with E-state index in [1.807, 2.05) is 43.4 Å². The Labute approximate surface area is 168 Å². The topological polar surface area (TPSA) is 64.9 Å². The van der Waals surface area contributed by atoms with Gasteiger partial charge in [0.05, 0.1) is 0 Å². The quantitative estimate of drug-likeness (QED) is 0.411. The van der Waals surface area contributed by atoms with E-state index in [1.165, 1.54) is 5.56 Å². The first-order valence-electron chi connectivity index (χ1n) is 8.73. The minimum atomic E-state index is 0.506. The molecule has 0 aliphatic rings. The van der Waals surface area contributed by atoms with Gasteiger partial charge in [0.15, 0.2) is 0 Å². The van der Waals surface area contributed by atoms with Crippen LogP contribution in [0.3, 0.4) is 0 Å². The van der Waals surface area contributed by atoms with Crippen LogP contribution >= 0.6 is 23.4 Å². The lowest BCUT2D eigenvalue weighted by Crippen LogP contribution is -2.15. The number of ether oxygens (including phenoxy) is 1. The molecule has 0 aliphatic heterocycles. The number of nitrogens with one attached hydrogen (secondary N) is 1. The summed E-state index contributed by atoms with van der Waals surface area (Å²) >= 11 is 7.67. The third-order valence-electron chi connectivity index (χ3n) is 3.83. The summed E-state index contributed by atoms with van der Waals surface area (Å²) in [7, 11) is 1.85. The number of nitrogens with zero attached hydrogens (tertiary/aromatic N) is 4. The van der Waals surface area contributed by atoms with Crippen LogP contribution in [0.5, 0.6) is 5.75 Å². The number of hydrogen-bond acceptors (Lipinski definition) is 6. The van der Waals surface area contributed by atoms with Crippen molar-refractivity contribution in [3.8, 4) is 5.75 Å². The lowest BCUT2D eigenvalue weighted by atomic mass is 10.2. The first kappa shape index (κ1) is 19.7. The van der Waals surface area contributed by atoms with Crippen molar-refractivity contribution in [2.75, 3.05) is 12.3 Å². The van der Waals surface area contributed by atoms with Crippen LogP contribution in [0.15, 0.2) is 53.7 Å². The zero-order valence-corrected chi connectivity index (χ0v) is 16.7. The van der Waals surface area contributed by atoms with Crippen molar-refractivity contribution in [3.63, 3.8) is 0 Å². The number of benzene rings is 2. The Kier molecular flexibility index (Phi) is 7.50. The Balaban J connectivity index is 1.36. The van der Waals surface area contributed by atoms with E-state index >= 15 is 0 Å². The molecule has 27 heavy (non-hydrogen) atoms. The van der Waals surface area contributed by atoms with Crippen molar-refractivity contribution >= 4 is 23.4 Å². The van der Waals surface area contributed by atoms with E-state index in [9.17, 15) is 0 Å². The molecule has 142 valence electrons. The van der Waals surface area contributed by atoms with Crippen LogP contribution in [0.4, 0.5) is 0 Å². The predicted molar refractivity (Wildman–Crippen MR) is 108 cm³/mol. The third-order valence-corrected chi connectivity index (χ3v) is 5.16. The van der Waals surface area contributed by atoms with Crippen LogP contribution in [0.2, 0.25) is 5.02 Å². The molecule has 0 unspecified atom stereocenters. The van der Waals surface area contributed by atoms with Gasteiger partial charge in [-0.3, -0.25) is 0 Å². The molecule has 2 aromatic carbocycles. The summed E-state index contributed by atoms with van der Waals surface area (Å²) in [6, 6.07) is 15.9. The van der Waals surface area contributed by atoms with E-state index in [2.05, 4.69) is 33.0 Å². The molecule has 0 aliphatic carbocycles. The highest BCUT2D eigenvalue weighted by molar-refractivity contribution is 7.99. The zero-order valence-electron chi connectivity index (χ0n) is 15.1. The second kappa shape index (κ2) is 10.3. The van der Waals surface area contributed by atoms with Gasteiger partial charge in [-0.25, -0.2) is 4.68 Å². The molecular weight excluding hydrogens is 382 g/mol. The minimum absolute atomic E-state index is 0.506. The van der Waals surface area contributed by atoms with Crippen LogP contribution in [0.25, 0.3) is 0 Å². The van der Waals surface area contributed by atoms with E-state index in [0.717, 1.165) is 46.8 Å². The summed E-state index contributed by atoms with van der Waals surface area (Å²) in [4.78, 5) is 0. The summed E-state index contributed by atoms with van der Waals surface area (Å²) in [6.45, 7) is 2.25. The lowest BCUT2D eigenvalue weighted by Gasteiger charge is -2.09. The second-order valence-electron chi connectivity index (χ2n) is 6.03. The fraction of sp³-hybridized carbons (Fsp3) is 0.316. The maximum absolute atomic E-state index is 6.01. The Bertz CT molecular complexity index is 857. The molecule has 3 aromatic rings. The molecule has 1 aromatic heterocycles. The van der Waals surface area contributed by atoms with E-state index in [1.54, 1.807) is 16.4 Å². The largest absolute Gasteiger partial charge is 0.489 e. The molecule has 0 spiro atoms. The van der Waals surface area contributed by atoms with Crippen molar-refractivity contribution in [1.29, 1.82) is 0 Å². The summed E-state index contributed by atoms with van der Waals surface area (Å²) in [5.41, 5.74) is 2.25. The van der Waals surface area contributed by atoms with Gasteiger partial charge in [0, 0.05) is 24.4 Å². The van der Waals surface area contributed by atoms with E-state index in [-0.39, 0.29) is 0 Å². The van der Waals surface area contributed by atoms with Crippen molar-refractivity contribution < 1.29 is 4.74 Å². The smallest absolute Gasteiger partial charge is 0.209 e. The normalized spacial score (nSPS) is 10.9. The number of rotatable bonds is 10. The molecule has 8 heteroatoms. The highest BCUT2D eigenvalue weighted by Gasteiger charge is 2.02. The molecule has 0 atom stereocenters. The number of hydrogen-bond donors (Lipinski definition) is 1. The zero-order chi connectivity index (χ0) is 18.9. The van der Waals surface area contributed by atoms with Crippen molar-refractivity contribution in [2.45, 2.75) is 24.7 Å². The molecule has 1 N–H and O–H groups in total. The first-order chi connectivity index (χ1) is 13.2. The van der Waals surface area contributed by atoms with Gasteiger partial charge in [0.1, 0.15) is 12.4 Å². The maximum Gasteiger partial charge on any atom is 0.209 e. The predicted octanol–water partition coefficient (Wildman–Crippen LogP) is 3.71. The second-order valence-corrected chi connectivity index (χ2v) is 7.53. The van der Waals surface area contributed by atoms with Gasteiger partial charge in [0.25, 0.3) is 0 Å². The molecule has 0 bridgehead atoms. The molecule has 0 saturated heterocycles. The highest BCUT2D eigenvalue weighted by atomic mass is 35.5. The molecular formula is C19H22ClN5OS. The third kappa shape index (κ3) is 6.53. The average Bonchev–Trinajstić information content (AvgIpc) is 3.08. The summed E-state index contributed by atoms with van der Waals surface area (Å²) in [5, 5.41) is 16.4. The van der Waals surface area contributed by atoms with Crippen LogP contribution in [-0.4, -0.2) is 32.5 Å². The number of thioether (sulfide) groups is 1. The van der Waals surface area contributed by atoms with Gasteiger partial charge in [-0.05, 0) is 58.8 Å². The van der Waals surface area contributed by atoms with Gasteiger partial charge in [-0.1, -0.05) is 47.6 Å². The minimum Gasteiger partial charge on any atom is -0.489 e. The van der Waals surface area contributed by atoms with Crippen LogP contribution < -0.4 is 10.1 Å². The Morgan fingerprint density at radius 1 is 1.15 bits per heavy atom. The molecule has 0 amide bonds. The van der Waals surface area contributed by atoms with Crippen LogP contribution in [0, 0.1) is 0 Å². The van der Waals surface area contributed by atoms with Gasteiger partial charge in [0.2, 0.25) is 5.16 Å². The first-order valence-corrected chi connectivity index (χ1v) is 10.1. The van der Waals surface area contributed by atoms with Crippen LogP contribution in [-0.2, 0) is 20.2 Å². The number of tetrazole rings is 1. The Morgan fingerprint density at radius 3 is 2.81 bits per heavy atom. The van der Waals surface area contributed by atoms with Crippen molar-refractivity contribution in [3.05, 3.63) is 64.7 Å². The lowest BCUT2D eigenvalue weighted by molar-refractivity contribution is 0.306. The maximum atomic E-state index is 6.01. The van der Waals surface area contributed by atoms with E-state index in [0.29, 0.717) is 6.61 Å². The Morgan fingerprint density at radius 2 is 2.00 bits per heavy atom. The number of halogens is 1. The number of aryl methyl sites for hydroxylation is 1. The fourth-order valence-electron chi connectivity index (χ4n) is 2.48. The Hall–Kier alpha value is -2.09. The molecule has 0 saturated carbocycles. The van der Waals surface area contributed by atoms with Crippen molar-refractivity contribution in [1.82, 2.24) is 25.5 Å². The summed E-state index contributed by atoms with van der Waals surface area (Å²) < 4.78 is 7.56. The van der Waals surface area contributed by atoms with Gasteiger partial charge in [-0.2, -0.15) is 0 Å². The van der Waals surface area contributed by atoms with E-state index < -0.39 is 0 Å². The average molecular weight is 404 g/mol. The summed E-state index contributed by atoms with van der Waals surface area (Å²) in [5.74, 6) is 1.84. The monoisotopic (exact) mass is 403 g/mol. The van der Waals surface area contributed by atoms with E-state index in [4.69, 9.17) is 16.3 Å². The highest BCUT2D eigenvalue weighted by Crippen LogP contribution is 2.17.